The number of nitrogens with one attached hydrogen (secondary N) is 2. The minimum atomic E-state index is -0.599. The number of amides is 1. The molecule has 6 nitrogen and oxygen atoms in total. The fourth-order valence-electron chi connectivity index (χ4n) is 1.19. The minimum Gasteiger partial charge on any atom is -0.344 e. The van der Waals surface area contributed by atoms with Gasteiger partial charge >= 0.3 is 0 Å². The van der Waals surface area contributed by atoms with Gasteiger partial charge < -0.3 is 5.32 Å². The van der Waals surface area contributed by atoms with E-state index >= 15 is 0 Å². The molecule has 2 aromatic rings. The van der Waals surface area contributed by atoms with Crippen LogP contribution >= 0.6 is 15.9 Å². The number of hydrogen-bond acceptors (Lipinski definition) is 4. The number of halogens is 2. The van der Waals surface area contributed by atoms with Gasteiger partial charge in [0.25, 0.3) is 5.91 Å². The first-order valence-corrected chi connectivity index (χ1v) is 5.42. The van der Waals surface area contributed by atoms with Crippen LogP contribution < -0.4 is 5.32 Å². The lowest BCUT2D eigenvalue weighted by molar-refractivity contribution is 0.0945. The first kappa shape index (κ1) is 11.6. The molecule has 8 heteroatoms. The van der Waals surface area contributed by atoms with Crippen molar-refractivity contribution < 1.29 is 9.18 Å². The standard InChI is InChI=1S/C9H7BrFN5O/c10-6-3-1-2-5(8(6)11)9(17)12-4-7-13-15-16-14-7/h1-3H,4H2,(H,12,17)(H,13,14,15,16). The Labute approximate surface area is 104 Å². The largest absolute Gasteiger partial charge is 0.344 e. The van der Waals surface area contributed by atoms with Gasteiger partial charge in [-0.1, -0.05) is 11.3 Å². The lowest BCUT2D eigenvalue weighted by Gasteiger charge is -2.04. The molecule has 1 heterocycles. The molecule has 0 radical (unpaired) electrons. The van der Waals surface area contributed by atoms with Gasteiger partial charge in [0.05, 0.1) is 16.6 Å². The van der Waals surface area contributed by atoms with E-state index < -0.39 is 11.7 Å². The normalized spacial score (nSPS) is 10.2. The van der Waals surface area contributed by atoms with Gasteiger partial charge in [0.2, 0.25) is 0 Å². The van der Waals surface area contributed by atoms with Gasteiger partial charge in [-0.15, -0.1) is 10.2 Å². The highest BCUT2D eigenvalue weighted by Crippen LogP contribution is 2.18. The van der Waals surface area contributed by atoms with Crippen LogP contribution in [0.2, 0.25) is 0 Å². The Bertz CT molecular complexity index is 530. The molecule has 0 saturated carbocycles. The molecule has 0 aliphatic carbocycles. The van der Waals surface area contributed by atoms with E-state index in [0.29, 0.717) is 5.82 Å². The number of hydrogen-bond donors (Lipinski definition) is 2. The molecule has 1 amide bonds. The summed E-state index contributed by atoms with van der Waals surface area (Å²) in [6.07, 6.45) is 0. The van der Waals surface area contributed by atoms with Gasteiger partial charge in [-0.2, -0.15) is 5.21 Å². The van der Waals surface area contributed by atoms with Crippen molar-refractivity contribution in [1.29, 1.82) is 0 Å². The van der Waals surface area contributed by atoms with Crippen LogP contribution in [-0.4, -0.2) is 26.5 Å². The van der Waals surface area contributed by atoms with Crippen molar-refractivity contribution in [3.8, 4) is 0 Å². The molecule has 0 bridgehead atoms. The number of aromatic nitrogens is 4. The maximum absolute atomic E-state index is 13.6. The van der Waals surface area contributed by atoms with Crippen LogP contribution in [0.3, 0.4) is 0 Å². The quantitative estimate of drug-likeness (QED) is 0.887. The van der Waals surface area contributed by atoms with Crippen LogP contribution in [0.4, 0.5) is 4.39 Å². The number of benzene rings is 1. The first-order chi connectivity index (χ1) is 8.18. The Kier molecular flexibility index (Phi) is 3.43. The summed E-state index contributed by atoms with van der Waals surface area (Å²) in [5.41, 5.74) is -0.0390. The molecule has 17 heavy (non-hydrogen) atoms. The van der Waals surface area contributed by atoms with Gasteiger partial charge in [0, 0.05) is 0 Å². The first-order valence-electron chi connectivity index (χ1n) is 4.63. The molecule has 88 valence electrons. The third kappa shape index (κ3) is 2.64. The molecular weight excluding hydrogens is 293 g/mol. The number of H-pyrrole nitrogens is 1. The Hall–Kier alpha value is -1.83. The monoisotopic (exact) mass is 299 g/mol. The maximum Gasteiger partial charge on any atom is 0.254 e. The number of rotatable bonds is 3. The Morgan fingerprint density at radius 1 is 1.53 bits per heavy atom. The minimum absolute atomic E-state index is 0.0390. The van der Waals surface area contributed by atoms with E-state index in [-0.39, 0.29) is 16.6 Å². The SMILES string of the molecule is O=C(NCc1nn[nH]n1)c1cccc(Br)c1F. The lowest BCUT2D eigenvalue weighted by Crippen LogP contribution is -2.24. The average molecular weight is 300 g/mol. The van der Waals surface area contributed by atoms with Crippen LogP contribution in [-0.2, 0) is 6.54 Å². The predicted octanol–water partition coefficient (Wildman–Crippen LogP) is 1.03. The van der Waals surface area contributed by atoms with Crippen LogP contribution in [0.5, 0.6) is 0 Å². The van der Waals surface area contributed by atoms with Gasteiger partial charge in [0.15, 0.2) is 5.82 Å². The fraction of sp³-hybridized carbons (Fsp3) is 0.111. The summed E-state index contributed by atoms with van der Waals surface area (Å²) in [5, 5.41) is 15.4. The molecule has 0 spiro atoms. The van der Waals surface area contributed by atoms with Crippen molar-refractivity contribution in [3.05, 3.63) is 39.9 Å². The summed E-state index contributed by atoms with van der Waals surface area (Å²) in [7, 11) is 0. The zero-order valence-corrected chi connectivity index (χ0v) is 10.0. The van der Waals surface area contributed by atoms with Gasteiger partial charge in [-0.3, -0.25) is 4.79 Å². The molecule has 0 fully saturated rings. The second-order valence-corrected chi connectivity index (χ2v) is 3.97. The smallest absolute Gasteiger partial charge is 0.254 e. The fourth-order valence-corrected chi connectivity index (χ4v) is 1.56. The highest BCUT2D eigenvalue weighted by molar-refractivity contribution is 9.10. The summed E-state index contributed by atoms with van der Waals surface area (Å²) < 4.78 is 13.8. The van der Waals surface area contributed by atoms with Crippen LogP contribution in [0.1, 0.15) is 16.2 Å². The third-order valence-corrected chi connectivity index (χ3v) is 2.60. The number of carbonyl (C=O) groups excluding carboxylic acids is 1. The van der Waals surface area contributed by atoms with E-state index in [0.717, 1.165) is 0 Å². The summed E-state index contributed by atoms with van der Waals surface area (Å²) in [6, 6.07) is 4.49. The molecular formula is C9H7BrFN5O. The van der Waals surface area contributed by atoms with Crippen molar-refractivity contribution in [1.82, 2.24) is 25.9 Å². The summed E-state index contributed by atoms with van der Waals surface area (Å²) in [4.78, 5) is 11.7. The molecule has 0 aliphatic heterocycles. The molecule has 1 aromatic heterocycles. The van der Waals surface area contributed by atoms with E-state index in [2.05, 4.69) is 41.9 Å². The highest BCUT2D eigenvalue weighted by Gasteiger charge is 2.13. The zero-order valence-electron chi connectivity index (χ0n) is 8.44. The van der Waals surface area contributed by atoms with Gasteiger partial charge in [-0.25, -0.2) is 4.39 Å². The van der Waals surface area contributed by atoms with Crippen LogP contribution in [0.25, 0.3) is 0 Å². The highest BCUT2D eigenvalue weighted by atomic mass is 79.9. The van der Waals surface area contributed by atoms with Crippen LogP contribution in [0, 0.1) is 5.82 Å². The molecule has 2 rings (SSSR count). The molecule has 0 saturated heterocycles. The average Bonchev–Trinajstić information content (AvgIpc) is 2.82. The molecule has 0 unspecified atom stereocenters. The van der Waals surface area contributed by atoms with E-state index in [4.69, 9.17) is 0 Å². The second kappa shape index (κ2) is 5.00. The summed E-state index contributed by atoms with van der Waals surface area (Å²) in [6.45, 7) is 0.0846. The van der Waals surface area contributed by atoms with E-state index in [1.54, 1.807) is 6.07 Å². The van der Waals surface area contributed by atoms with E-state index in [1.807, 2.05) is 0 Å². The summed E-state index contributed by atoms with van der Waals surface area (Å²) >= 11 is 3.01. The number of tetrazole rings is 1. The van der Waals surface area contributed by atoms with Gasteiger partial charge in [-0.05, 0) is 28.1 Å². The topological polar surface area (TPSA) is 83.6 Å². The third-order valence-electron chi connectivity index (χ3n) is 1.99. The summed E-state index contributed by atoms with van der Waals surface area (Å²) in [5.74, 6) is -0.805. The van der Waals surface area contributed by atoms with Crippen molar-refractivity contribution in [2.45, 2.75) is 6.54 Å². The second-order valence-electron chi connectivity index (χ2n) is 3.11. The van der Waals surface area contributed by atoms with E-state index in [9.17, 15) is 9.18 Å². The predicted molar refractivity (Wildman–Crippen MR) is 59.4 cm³/mol. The lowest BCUT2D eigenvalue weighted by atomic mass is 10.2. The van der Waals surface area contributed by atoms with Crippen molar-refractivity contribution in [3.63, 3.8) is 0 Å². The number of carbonyl (C=O) groups is 1. The number of nitrogens with zero attached hydrogens (tertiary/aromatic N) is 3. The molecule has 1 aromatic carbocycles. The van der Waals surface area contributed by atoms with Crippen LogP contribution in [0.15, 0.2) is 22.7 Å². The Balaban J connectivity index is 2.07. The van der Waals surface area contributed by atoms with Crippen molar-refractivity contribution in [2.24, 2.45) is 0 Å². The molecule has 0 aliphatic rings. The Morgan fingerprint density at radius 2 is 2.35 bits per heavy atom. The van der Waals surface area contributed by atoms with Crippen molar-refractivity contribution in [2.75, 3.05) is 0 Å². The Morgan fingerprint density at radius 3 is 3.06 bits per heavy atom. The molecule has 0 atom stereocenters. The van der Waals surface area contributed by atoms with Gasteiger partial charge in [0.1, 0.15) is 5.82 Å². The number of aromatic amines is 1. The zero-order chi connectivity index (χ0) is 12.3. The van der Waals surface area contributed by atoms with Crippen molar-refractivity contribution >= 4 is 21.8 Å². The van der Waals surface area contributed by atoms with E-state index in [1.165, 1.54) is 12.1 Å². The molecule has 2 N–H and O–H groups in total. The maximum atomic E-state index is 13.6.